The number of methoxy groups -OCH3 is 2. The van der Waals surface area contributed by atoms with Crippen LogP contribution in [0.1, 0.15) is 31.6 Å². The Morgan fingerprint density at radius 3 is 2.69 bits per heavy atom. The smallest absolute Gasteiger partial charge is 0.237 e. The summed E-state index contributed by atoms with van der Waals surface area (Å²) in [4.78, 5) is 12.5. The molecule has 1 saturated carbocycles. The summed E-state index contributed by atoms with van der Waals surface area (Å²) in [7, 11) is 3.11. The van der Waals surface area contributed by atoms with Gasteiger partial charge in [0.1, 0.15) is 6.61 Å². The lowest BCUT2D eigenvalue weighted by atomic mass is 10.2. The number of nitrogens with zero attached hydrogens (tertiary/aromatic N) is 3. The Balaban J connectivity index is 1.68. The molecule has 0 radical (unpaired) electrons. The second kappa shape index (κ2) is 7.96. The molecule has 1 aromatic carbocycles. The van der Waals surface area contributed by atoms with Gasteiger partial charge < -0.3 is 24.5 Å². The maximum absolute atomic E-state index is 12.5. The molecule has 8 nitrogen and oxygen atoms in total. The van der Waals surface area contributed by atoms with Crippen LogP contribution in [0.2, 0.25) is 0 Å². The number of amides is 1. The third kappa shape index (κ3) is 3.94. The normalized spacial score (nSPS) is 14.8. The van der Waals surface area contributed by atoms with E-state index in [0.29, 0.717) is 34.2 Å². The highest BCUT2D eigenvalue weighted by Crippen LogP contribution is 2.39. The van der Waals surface area contributed by atoms with Gasteiger partial charge in [-0.2, -0.15) is 0 Å². The van der Waals surface area contributed by atoms with E-state index in [1.165, 1.54) is 11.8 Å². The quantitative estimate of drug-likeness (QED) is 0.680. The zero-order chi connectivity index (χ0) is 18.7. The minimum absolute atomic E-state index is 0.155. The fourth-order valence-corrected chi connectivity index (χ4v) is 3.50. The summed E-state index contributed by atoms with van der Waals surface area (Å²) in [6.07, 6.45) is 2.09. The predicted octanol–water partition coefficient (Wildman–Crippen LogP) is 2.24. The van der Waals surface area contributed by atoms with Crippen LogP contribution in [-0.4, -0.2) is 45.2 Å². The minimum atomic E-state index is -0.378. The van der Waals surface area contributed by atoms with Gasteiger partial charge in [-0.1, -0.05) is 11.8 Å². The van der Waals surface area contributed by atoms with Gasteiger partial charge in [-0.15, -0.1) is 10.2 Å². The Labute approximate surface area is 155 Å². The van der Waals surface area contributed by atoms with Gasteiger partial charge in [0.2, 0.25) is 5.91 Å². The molecule has 0 spiro atoms. The Kier molecular flexibility index (Phi) is 5.67. The first kappa shape index (κ1) is 18.5. The van der Waals surface area contributed by atoms with Crippen LogP contribution >= 0.6 is 11.8 Å². The number of hydrogen-bond acceptors (Lipinski definition) is 7. The molecule has 0 unspecified atom stereocenters. The number of aliphatic hydroxyl groups is 1. The van der Waals surface area contributed by atoms with Crippen molar-refractivity contribution in [2.45, 2.75) is 42.8 Å². The highest BCUT2D eigenvalue weighted by molar-refractivity contribution is 8.00. The highest BCUT2D eigenvalue weighted by atomic mass is 32.2. The minimum Gasteiger partial charge on any atom is -0.493 e. The van der Waals surface area contributed by atoms with Crippen LogP contribution in [0.5, 0.6) is 11.5 Å². The molecule has 1 aliphatic carbocycles. The lowest BCUT2D eigenvalue weighted by Crippen LogP contribution is -2.23. The molecule has 140 valence electrons. The summed E-state index contributed by atoms with van der Waals surface area (Å²) in [6, 6.07) is 5.54. The molecule has 1 amide bonds. The number of nitrogens with one attached hydrogen (secondary N) is 1. The van der Waals surface area contributed by atoms with Crippen molar-refractivity contribution >= 4 is 23.4 Å². The summed E-state index contributed by atoms with van der Waals surface area (Å²) < 4.78 is 12.4. The van der Waals surface area contributed by atoms with Crippen molar-refractivity contribution in [1.29, 1.82) is 0 Å². The largest absolute Gasteiger partial charge is 0.493 e. The second-order valence-corrected chi connectivity index (χ2v) is 7.29. The van der Waals surface area contributed by atoms with Crippen molar-refractivity contribution in [2.75, 3.05) is 19.5 Å². The van der Waals surface area contributed by atoms with Gasteiger partial charge in [0.25, 0.3) is 0 Å². The summed E-state index contributed by atoms with van der Waals surface area (Å²) in [5.41, 5.74) is 0.625. The lowest BCUT2D eigenvalue weighted by molar-refractivity contribution is -0.115. The van der Waals surface area contributed by atoms with Gasteiger partial charge in [0.05, 0.1) is 19.5 Å². The van der Waals surface area contributed by atoms with E-state index in [-0.39, 0.29) is 17.8 Å². The number of carbonyl (C=O) groups excluding carboxylic acids is 1. The number of carbonyl (C=O) groups is 1. The van der Waals surface area contributed by atoms with Crippen molar-refractivity contribution < 1.29 is 19.4 Å². The van der Waals surface area contributed by atoms with Gasteiger partial charge >= 0.3 is 0 Å². The maximum atomic E-state index is 12.5. The zero-order valence-corrected chi connectivity index (χ0v) is 15.7. The number of aliphatic hydroxyl groups excluding tert-OH is 1. The number of anilines is 1. The lowest BCUT2D eigenvalue weighted by Gasteiger charge is -2.14. The highest BCUT2D eigenvalue weighted by Gasteiger charge is 2.30. The fourth-order valence-electron chi connectivity index (χ4n) is 2.56. The van der Waals surface area contributed by atoms with E-state index >= 15 is 0 Å². The van der Waals surface area contributed by atoms with E-state index in [1.54, 1.807) is 32.4 Å². The van der Waals surface area contributed by atoms with Crippen LogP contribution in [0.3, 0.4) is 0 Å². The number of ether oxygens (including phenoxy) is 2. The van der Waals surface area contributed by atoms with E-state index in [9.17, 15) is 9.90 Å². The summed E-state index contributed by atoms with van der Waals surface area (Å²) in [5, 5.41) is 20.7. The Hall–Kier alpha value is -2.26. The van der Waals surface area contributed by atoms with Gasteiger partial charge in [0, 0.05) is 17.8 Å². The van der Waals surface area contributed by atoms with Crippen LogP contribution in [0.15, 0.2) is 23.4 Å². The van der Waals surface area contributed by atoms with Crippen molar-refractivity contribution in [3.05, 3.63) is 24.0 Å². The molecule has 26 heavy (non-hydrogen) atoms. The maximum Gasteiger partial charge on any atom is 0.237 e. The van der Waals surface area contributed by atoms with Gasteiger partial charge in [0.15, 0.2) is 22.5 Å². The van der Waals surface area contributed by atoms with E-state index in [4.69, 9.17) is 9.47 Å². The standard InChI is InChI=1S/C17H22N4O4S/c1-10(26-17-20-19-15(9-22)21(17)12-5-6-12)16(23)18-11-4-7-13(24-2)14(8-11)25-3/h4,7-8,10,12,22H,5-6,9H2,1-3H3,(H,18,23)/t10-/m0/s1. The van der Waals surface area contributed by atoms with Crippen LogP contribution in [-0.2, 0) is 11.4 Å². The number of aromatic nitrogens is 3. The van der Waals surface area contributed by atoms with Crippen molar-refractivity contribution in [2.24, 2.45) is 0 Å². The Morgan fingerprint density at radius 2 is 2.08 bits per heavy atom. The first-order valence-electron chi connectivity index (χ1n) is 8.31. The van der Waals surface area contributed by atoms with Crippen molar-refractivity contribution in [3.63, 3.8) is 0 Å². The zero-order valence-electron chi connectivity index (χ0n) is 14.9. The first-order valence-corrected chi connectivity index (χ1v) is 9.19. The average Bonchev–Trinajstić information content (AvgIpc) is 3.41. The molecule has 1 atom stereocenters. The van der Waals surface area contributed by atoms with Crippen LogP contribution in [0, 0.1) is 0 Å². The SMILES string of the molecule is COc1ccc(NC(=O)[C@H](C)Sc2nnc(CO)n2C2CC2)cc1OC. The molecular formula is C17H22N4O4S. The number of thioether (sulfide) groups is 1. The molecular weight excluding hydrogens is 356 g/mol. The average molecular weight is 378 g/mol. The fraction of sp³-hybridized carbons (Fsp3) is 0.471. The summed E-state index contributed by atoms with van der Waals surface area (Å²) in [5.74, 6) is 1.54. The number of rotatable bonds is 8. The predicted molar refractivity (Wildman–Crippen MR) is 97.7 cm³/mol. The topological polar surface area (TPSA) is 98.5 Å². The Morgan fingerprint density at radius 1 is 1.35 bits per heavy atom. The number of benzene rings is 1. The van der Waals surface area contributed by atoms with E-state index in [2.05, 4.69) is 15.5 Å². The van der Waals surface area contributed by atoms with Crippen LogP contribution in [0.25, 0.3) is 0 Å². The molecule has 1 aromatic heterocycles. The summed E-state index contributed by atoms with van der Waals surface area (Å²) in [6.45, 7) is 1.65. The van der Waals surface area contributed by atoms with Crippen molar-refractivity contribution in [1.82, 2.24) is 14.8 Å². The molecule has 2 aromatic rings. The second-order valence-electron chi connectivity index (χ2n) is 5.98. The third-order valence-electron chi connectivity index (χ3n) is 4.09. The van der Waals surface area contributed by atoms with Crippen LogP contribution in [0.4, 0.5) is 5.69 Å². The summed E-state index contributed by atoms with van der Waals surface area (Å²) >= 11 is 1.33. The van der Waals surface area contributed by atoms with Gasteiger partial charge in [-0.3, -0.25) is 4.79 Å². The third-order valence-corrected chi connectivity index (χ3v) is 5.15. The molecule has 0 saturated heterocycles. The monoisotopic (exact) mass is 378 g/mol. The first-order chi connectivity index (χ1) is 12.6. The molecule has 2 N–H and O–H groups in total. The molecule has 0 aliphatic heterocycles. The van der Waals surface area contributed by atoms with E-state index in [0.717, 1.165) is 12.8 Å². The molecule has 1 fully saturated rings. The van der Waals surface area contributed by atoms with Crippen LogP contribution < -0.4 is 14.8 Å². The molecule has 3 rings (SSSR count). The molecule has 9 heteroatoms. The van der Waals surface area contributed by atoms with Gasteiger partial charge in [-0.05, 0) is 31.9 Å². The molecule has 0 bridgehead atoms. The number of hydrogen-bond donors (Lipinski definition) is 2. The molecule has 1 aliphatic rings. The van der Waals surface area contributed by atoms with E-state index < -0.39 is 0 Å². The van der Waals surface area contributed by atoms with E-state index in [1.807, 2.05) is 11.5 Å². The van der Waals surface area contributed by atoms with Gasteiger partial charge in [-0.25, -0.2) is 0 Å². The molecule has 1 heterocycles. The van der Waals surface area contributed by atoms with Crippen molar-refractivity contribution in [3.8, 4) is 11.5 Å². The Bertz CT molecular complexity index is 791.